The van der Waals surface area contributed by atoms with Crippen LogP contribution in [0.3, 0.4) is 0 Å². The van der Waals surface area contributed by atoms with E-state index in [4.69, 9.17) is 0 Å². The van der Waals surface area contributed by atoms with E-state index in [2.05, 4.69) is 50.6 Å². The molecule has 0 aromatic rings. The fourth-order valence-electron chi connectivity index (χ4n) is 1.99. The summed E-state index contributed by atoms with van der Waals surface area (Å²) in [6, 6.07) is 0. The molecule has 0 heterocycles. The first-order chi connectivity index (χ1) is 6.24. The molecule has 0 aliphatic carbocycles. The van der Waals surface area contributed by atoms with Crippen molar-refractivity contribution in [2.24, 2.45) is 0 Å². The molecule has 0 amide bonds. The SMILES string of the molecule is C=C[CH2][La]([CH2]C=C)([CH2]C=C)[CH2]C=C. The van der Waals surface area contributed by atoms with Gasteiger partial charge in [0.25, 0.3) is 0 Å². The third kappa shape index (κ3) is 4.80. The summed E-state index contributed by atoms with van der Waals surface area (Å²) in [5.74, 6) is 0. The van der Waals surface area contributed by atoms with Crippen LogP contribution in [0.25, 0.3) is 0 Å². The van der Waals surface area contributed by atoms with Gasteiger partial charge in [-0.2, -0.15) is 0 Å². The van der Waals surface area contributed by atoms with Gasteiger partial charge in [-0.15, -0.1) is 0 Å². The first kappa shape index (κ1) is 13.2. The van der Waals surface area contributed by atoms with E-state index in [0.717, 1.165) is 0 Å². The van der Waals surface area contributed by atoms with Crippen molar-refractivity contribution in [2.75, 3.05) is 0 Å². The van der Waals surface area contributed by atoms with Gasteiger partial charge >= 0.3 is 90.0 Å². The molecule has 0 unspecified atom stereocenters. The normalized spacial score (nSPS) is 10.5. The molecule has 0 atom stereocenters. The van der Waals surface area contributed by atoms with Crippen LogP contribution in [0, 0.1) is 28.1 Å². The van der Waals surface area contributed by atoms with E-state index in [1.54, 1.807) is 0 Å². The van der Waals surface area contributed by atoms with Crippen LogP contribution in [-0.2, 0) is 0 Å². The molecule has 0 fully saturated rings. The summed E-state index contributed by atoms with van der Waals surface area (Å²) >= 11 is -2.24. The number of hydrogen-bond acceptors (Lipinski definition) is 0. The maximum atomic E-state index is 3.85. The van der Waals surface area contributed by atoms with E-state index in [1.807, 2.05) is 0 Å². The first-order valence-corrected chi connectivity index (χ1v) is 15.2. The van der Waals surface area contributed by atoms with Gasteiger partial charge in [0.15, 0.2) is 0 Å². The Morgan fingerprint density at radius 1 is 0.615 bits per heavy atom. The Bertz CT molecular complexity index is 146. The van der Waals surface area contributed by atoms with Crippen LogP contribution in [0.5, 0.6) is 0 Å². The van der Waals surface area contributed by atoms with Crippen LogP contribution >= 0.6 is 0 Å². The van der Waals surface area contributed by atoms with Crippen molar-refractivity contribution in [3.63, 3.8) is 0 Å². The summed E-state index contributed by atoms with van der Waals surface area (Å²) in [6.07, 6.45) is 8.28. The zero-order valence-electron chi connectivity index (χ0n) is 8.54. The van der Waals surface area contributed by atoms with Crippen LogP contribution in [0.4, 0.5) is 0 Å². The van der Waals surface area contributed by atoms with Crippen LogP contribution in [0.1, 0.15) is 0 Å². The van der Waals surface area contributed by atoms with Gasteiger partial charge in [-0.3, -0.25) is 0 Å². The Kier molecular flexibility index (Phi) is 7.64. The van der Waals surface area contributed by atoms with E-state index in [-0.39, 0.29) is 0 Å². The van der Waals surface area contributed by atoms with E-state index in [9.17, 15) is 0 Å². The minimum absolute atomic E-state index is 1.23. The van der Waals surface area contributed by atoms with Gasteiger partial charge in [-0.1, -0.05) is 0 Å². The first-order valence-electron chi connectivity index (χ1n) is 4.90. The second-order valence-corrected chi connectivity index (χ2v) is 20.6. The van der Waals surface area contributed by atoms with Crippen LogP contribution < -0.4 is 0 Å². The molecule has 0 spiro atoms. The monoisotopic (exact) mass is 303 g/mol. The molecule has 0 N–H and O–H groups in total. The molecule has 0 nitrogen and oxygen atoms in total. The van der Waals surface area contributed by atoms with Gasteiger partial charge in [-0.25, -0.2) is 0 Å². The Balaban J connectivity index is 4.53. The summed E-state index contributed by atoms with van der Waals surface area (Å²) < 4.78 is 4.90. The van der Waals surface area contributed by atoms with Gasteiger partial charge in [-0.05, 0) is 0 Å². The minimum atomic E-state index is -2.24. The Hall–Kier alpha value is 0.155. The predicted molar refractivity (Wildman–Crippen MR) is 60.0 cm³/mol. The van der Waals surface area contributed by atoms with E-state index < -0.39 is 28.1 Å². The van der Waals surface area contributed by atoms with Gasteiger partial charge in [0, 0.05) is 0 Å². The molecular weight excluding hydrogens is 283 g/mol. The van der Waals surface area contributed by atoms with Crippen molar-refractivity contribution < 1.29 is 28.1 Å². The van der Waals surface area contributed by atoms with Gasteiger partial charge in [0.05, 0.1) is 0 Å². The zero-order chi connectivity index (χ0) is 10.2. The Labute approximate surface area is 89.2 Å². The average Bonchev–Trinajstić information content (AvgIpc) is 2.06. The maximum absolute atomic E-state index is 3.85. The molecule has 0 saturated carbocycles. The third-order valence-corrected chi connectivity index (χ3v) is 19.4. The molecule has 0 rings (SSSR count). The molecule has 0 aliphatic heterocycles. The van der Waals surface area contributed by atoms with Gasteiger partial charge in [0.1, 0.15) is 0 Å². The van der Waals surface area contributed by atoms with Crippen molar-refractivity contribution in [3.8, 4) is 0 Å². The van der Waals surface area contributed by atoms with Crippen molar-refractivity contribution in [2.45, 2.75) is 11.3 Å². The fourth-order valence-corrected chi connectivity index (χ4v) is 14.5. The summed E-state index contributed by atoms with van der Waals surface area (Å²) in [6.45, 7) is 15.4. The summed E-state index contributed by atoms with van der Waals surface area (Å²) in [5, 5.41) is 0. The van der Waals surface area contributed by atoms with E-state index in [0.29, 0.717) is 0 Å². The quantitative estimate of drug-likeness (QED) is 0.577. The summed E-state index contributed by atoms with van der Waals surface area (Å²) in [4.78, 5) is 0. The average molecular weight is 303 g/mol. The van der Waals surface area contributed by atoms with E-state index >= 15 is 0 Å². The second-order valence-electron chi connectivity index (χ2n) is 3.83. The van der Waals surface area contributed by atoms with Crippen molar-refractivity contribution >= 4 is 0 Å². The molecule has 1 heteroatoms. The molecule has 0 bridgehead atoms. The molecular formula is C12H20La. The molecule has 0 saturated heterocycles. The molecule has 13 heavy (non-hydrogen) atoms. The number of rotatable bonds is 8. The van der Waals surface area contributed by atoms with Crippen LogP contribution in [0.2, 0.25) is 11.3 Å². The molecule has 0 aromatic heterocycles. The standard InChI is InChI=1S/4C3H5.La/c4*1-3-2;/h4*3H,1-2H2;. The Morgan fingerprint density at radius 3 is 1.00 bits per heavy atom. The second kappa shape index (κ2) is 7.55. The summed E-state index contributed by atoms with van der Waals surface area (Å²) in [7, 11) is 0. The van der Waals surface area contributed by atoms with Gasteiger partial charge < -0.3 is 0 Å². The van der Waals surface area contributed by atoms with Crippen LogP contribution in [-0.4, -0.2) is 0 Å². The van der Waals surface area contributed by atoms with Gasteiger partial charge in [0.2, 0.25) is 0 Å². The number of hydrogen-bond donors (Lipinski definition) is 0. The third-order valence-electron chi connectivity index (χ3n) is 2.67. The van der Waals surface area contributed by atoms with Crippen LogP contribution in [0.15, 0.2) is 50.6 Å². The predicted octanol–water partition coefficient (Wildman–Crippen LogP) is 4.56. The summed E-state index contributed by atoms with van der Waals surface area (Å²) in [5.41, 5.74) is 0. The molecule has 0 radical (unpaired) electrons. The fraction of sp³-hybridized carbons (Fsp3) is 0.333. The number of allylic oxidation sites excluding steroid dienone is 4. The molecule has 0 aromatic carbocycles. The van der Waals surface area contributed by atoms with Crippen molar-refractivity contribution in [3.05, 3.63) is 50.6 Å². The molecule has 0 aliphatic rings. The van der Waals surface area contributed by atoms with Crippen molar-refractivity contribution in [1.29, 1.82) is 0 Å². The zero-order valence-corrected chi connectivity index (χ0v) is 12.2. The van der Waals surface area contributed by atoms with E-state index in [1.165, 1.54) is 11.3 Å². The van der Waals surface area contributed by atoms with Crippen molar-refractivity contribution in [1.82, 2.24) is 0 Å². The molecule has 71 valence electrons. The topological polar surface area (TPSA) is 0 Å². The Morgan fingerprint density at radius 2 is 0.846 bits per heavy atom.